The number of hydrogen-bond acceptors (Lipinski definition) is 3. The summed E-state index contributed by atoms with van der Waals surface area (Å²) in [5, 5.41) is 8.95. The monoisotopic (exact) mass is 249 g/mol. The average molecular weight is 249 g/mol. The van der Waals surface area contributed by atoms with Gasteiger partial charge in [-0.15, -0.1) is 0 Å². The number of carboxylic acid groups (broad SMARTS) is 1. The quantitative estimate of drug-likeness (QED) is 0.825. The minimum atomic E-state index is -0.930. The summed E-state index contributed by atoms with van der Waals surface area (Å²) >= 11 is 0. The molecular formula is C13H15NO4. The molecule has 0 radical (unpaired) electrons. The van der Waals surface area contributed by atoms with Crippen LogP contribution in [0.3, 0.4) is 0 Å². The number of amides is 1. The molecule has 1 heterocycles. The predicted octanol–water partition coefficient (Wildman–Crippen LogP) is 1.90. The lowest BCUT2D eigenvalue weighted by Crippen LogP contribution is -2.42. The third kappa shape index (κ3) is 2.16. The molecule has 0 bridgehead atoms. The number of ether oxygens (including phenoxy) is 1. The van der Waals surface area contributed by atoms with Crippen molar-refractivity contribution >= 4 is 12.1 Å². The van der Waals surface area contributed by atoms with Gasteiger partial charge in [-0.25, -0.2) is 9.59 Å². The molecule has 1 amide bonds. The molecule has 0 saturated carbocycles. The molecule has 1 aromatic rings. The zero-order valence-corrected chi connectivity index (χ0v) is 10.3. The van der Waals surface area contributed by atoms with Gasteiger partial charge in [-0.3, -0.25) is 0 Å². The third-order valence-corrected chi connectivity index (χ3v) is 3.25. The first-order valence-electron chi connectivity index (χ1n) is 5.72. The van der Waals surface area contributed by atoms with Gasteiger partial charge in [-0.1, -0.05) is 6.07 Å². The Balaban J connectivity index is 2.30. The second-order valence-electron chi connectivity index (χ2n) is 4.44. The highest BCUT2D eigenvalue weighted by molar-refractivity contribution is 5.88. The molecular weight excluding hydrogens is 234 g/mol. The number of rotatable bonds is 1. The van der Waals surface area contributed by atoms with Gasteiger partial charge in [0.05, 0.1) is 12.7 Å². The highest BCUT2D eigenvalue weighted by atomic mass is 16.5. The van der Waals surface area contributed by atoms with Crippen LogP contribution < -0.4 is 0 Å². The molecule has 18 heavy (non-hydrogen) atoms. The average Bonchev–Trinajstić information content (AvgIpc) is 2.36. The Morgan fingerprint density at radius 2 is 2.11 bits per heavy atom. The van der Waals surface area contributed by atoms with Crippen molar-refractivity contribution in [2.24, 2.45) is 0 Å². The number of carbonyl (C=O) groups excluding carboxylic acids is 1. The van der Waals surface area contributed by atoms with Gasteiger partial charge in [-0.2, -0.15) is 0 Å². The van der Waals surface area contributed by atoms with E-state index in [4.69, 9.17) is 9.84 Å². The summed E-state index contributed by atoms with van der Waals surface area (Å²) < 4.78 is 4.73. The van der Waals surface area contributed by atoms with E-state index >= 15 is 0 Å². The highest BCUT2D eigenvalue weighted by Gasteiger charge is 2.27. The van der Waals surface area contributed by atoms with E-state index < -0.39 is 5.97 Å². The van der Waals surface area contributed by atoms with Crippen molar-refractivity contribution in [3.63, 3.8) is 0 Å². The maximum absolute atomic E-state index is 11.6. The molecule has 2 rings (SSSR count). The summed E-state index contributed by atoms with van der Waals surface area (Å²) in [6.07, 6.45) is 0.293. The number of carboxylic acids is 1. The predicted molar refractivity (Wildman–Crippen MR) is 64.5 cm³/mol. The van der Waals surface area contributed by atoms with Crippen LogP contribution in [0, 0.1) is 0 Å². The van der Waals surface area contributed by atoms with Crippen LogP contribution in [0.1, 0.15) is 28.4 Å². The molecule has 1 aliphatic rings. The van der Waals surface area contributed by atoms with Crippen LogP contribution in [0.4, 0.5) is 4.79 Å². The van der Waals surface area contributed by atoms with Crippen molar-refractivity contribution in [1.82, 2.24) is 4.90 Å². The number of methoxy groups -OCH3 is 1. The number of hydrogen-bond donors (Lipinski definition) is 1. The first-order valence-corrected chi connectivity index (χ1v) is 5.72. The van der Waals surface area contributed by atoms with E-state index in [9.17, 15) is 9.59 Å². The van der Waals surface area contributed by atoms with Gasteiger partial charge in [0.15, 0.2) is 0 Å². The van der Waals surface area contributed by atoms with Gasteiger partial charge in [0, 0.05) is 12.6 Å². The Morgan fingerprint density at radius 3 is 2.72 bits per heavy atom. The number of nitrogens with zero attached hydrogens (tertiary/aromatic N) is 1. The highest BCUT2D eigenvalue weighted by Crippen LogP contribution is 2.24. The Labute approximate surface area is 105 Å². The van der Waals surface area contributed by atoms with Crippen LogP contribution >= 0.6 is 0 Å². The lowest BCUT2D eigenvalue weighted by Gasteiger charge is -2.33. The lowest BCUT2D eigenvalue weighted by atomic mass is 9.93. The zero-order chi connectivity index (χ0) is 13.3. The maximum Gasteiger partial charge on any atom is 0.410 e. The largest absolute Gasteiger partial charge is 0.478 e. The molecule has 1 unspecified atom stereocenters. The minimum Gasteiger partial charge on any atom is -0.478 e. The van der Waals surface area contributed by atoms with Gasteiger partial charge >= 0.3 is 12.1 Å². The van der Waals surface area contributed by atoms with Gasteiger partial charge < -0.3 is 14.7 Å². The van der Waals surface area contributed by atoms with Gasteiger partial charge in [0.2, 0.25) is 0 Å². The number of benzene rings is 1. The van der Waals surface area contributed by atoms with Crippen molar-refractivity contribution in [2.45, 2.75) is 25.9 Å². The van der Waals surface area contributed by atoms with E-state index in [1.54, 1.807) is 23.1 Å². The molecule has 1 aromatic carbocycles. The van der Waals surface area contributed by atoms with Crippen molar-refractivity contribution in [3.05, 3.63) is 34.9 Å². The van der Waals surface area contributed by atoms with Crippen LogP contribution in [-0.2, 0) is 17.7 Å². The Morgan fingerprint density at radius 1 is 1.39 bits per heavy atom. The van der Waals surface area contributed by atoms with Gasteiger partial charge in [-0.05, 0) is 36.6 Å². The summed E-state index contributed by atoms with van der Waals surface area (Å²) in [7, 11) is 1.36. The molecule has 5 heteroatoms. The van der Waals surface area contributed by atoms with Gasteiger partial charge in [0.25, 0.3) is 0 Å². The van der Waals surface area contributed by atoms with E-state index in [1.807, 2.05) is 6.92 Å². The van der Waals surface area contributed by atoms with Crippen molar-refractivity contribution < 1.29 is 19.4 Å². The van der Waals surface area contributed by atoms with E-state index in [1.165, 1.54) is 7.11 Å². The fraction of sp³-hybridized carbons (Fsp3) is 0.385. The van der Waals surface area contributed by atoms with Crippen LogP contribution in [0.2, 0.25) is 0 Å². The van der Waals surface area contributed by atoms with Crippen molar-refractivity contribution in [1.29, 1.82) is 0 Å². The maximum atomic E-state index is 11.6. The molecule has 5 nitrogen and oxygen atoms in total. The Bertz CT molecular complexity index is 498. The van der Waals surface area contributed by atoms with Crippen LogP contribution in [0.25, 0.3) is 0 Å². The third-order valence-electron chi connectivity index (χ3n) is 3.25. The molecule has 0 spiro atoms. The molecule has 0 saturated heterocycles. The topological polar surface area (TPSA) is 66.8 Å². The number of aromatic carboxylic acids is 1. The normalized spacial score (nSPS) is 18.1. The molecule has 1 aliphatic heterocycles. The van der Waals surface area contributed by atoms with Crippen LogP contribution in [0.15, 0.2) is 18.2 Å². The second-order valence-corrected chi connectivity index (χ2v) is 4.44. The van der Waals surface area contributed by atoms with Crippen LogP contribution in [-0.4, -0.2) is 35.2 Å². The minimum absolute atomic E-state index is 0.00833. The molecule has 1 N–H and O–H groups in total. The number of carbonyl (C=O) groups is 2. The van der Waals surface area contributed by atoms with Gasteiger partial charge in [0.1, 0.15) is 0 Å². The second kappa shape index (κ2) is 4.68. The molecule has 0 aromatic heterocycles. The Kier molecular flexibility index (Phi) is 3.23. The fourth-order valence-electron chi connectivity index (χ4n) is 2.23. The summed E-state index contributed by atoms with van der Waals surface area (Å²) in [6, 6.07) is 5.02. The van der Waals surface area contributed by atoms with E-state index in [-0.39, 0.29) is 17.7 Å². The SMILES string of the molecule is COC(=O)N1Cc2ccc(C(=O)O)cc2CC1C. The van der Waals surface area contributed by atoms with E-state index in [0.717, 1.165) is 11.1 Å². The van der Waals surface area contributed by atoms with Crippen molar-refractivity contribution in [3.8, 4) is 0 Å². The van der Waals surface area contributed by atoms with Crippen LogP contribution in [0.5, 0.6) is 0 Å². The summed E-state index contributed by atoms with van der Waals surface area (Å²) in [6.45, 7) is 2.39. The first kappa shape index (κ1) is 12.4. The Hall–Kier alpha value is -2.04. The molecule has 0 fully saturated rings. The molecule has 1 atom stereocenters. The van der Waals surface area contributed by atoms with Crippen molar-refractivity contribution in [2.75, 3.05) is 7.11 Å². The van der Waals surface area contributed by atoms with E-state index in [0.29, 0.717) is 13.0 Å². The molecule has 96 valence electrons. The zero-order valence-electron chi connectivity index (χ0n) is 10.3. The smallest absolute Gasteiger partial charge is 0.410 e. The molecule has 0 aliphatic carbocycles. The fourth-order valence-corrected chi connectivity index (χ4v) is 2.23. The summed E-state index contributed by atoms with van der Waals surface area (Å²) in [4.78, 5) is 24.1. The summed E-state index contributed by atoms with van der Waals surface area (Å²) in [5.74, 6) is -0.930. The number of fused-ring (bicyclic) bond motifs is 1. The summed E-state index contributed by atoms with van der Waals surface area (Å²) in [5.41, 5.74) is 2.25. The standard InChI is InChI=1S/C13H15NO4/c1-8-5-11-6-9(12(15)16)3-4-10(11)7-14(8)13(17)18-2/h3-4,6,8H,5,7H2,1-2H3,(H,15,16). The van der Waals surface area contributed by atoms with E-state index in [2.05, 4.69) is 0 Å². The first-order chi connectivity index (χ1) is 8.52. The lowest BCUT2D eigenvalue weighted by molar-refractivity contribution is 0.0695.